The second kappa shape index (κ2) is 9.18. The van der Waals surface area contributed by atoms with Gasteiger partial charge in [0.2, 0.25) is 0 Å². The zero-order chi connectivity index (χ0) is 18.3. The molecule has 0 radical (unpaired) electrons. The van der Waals surface area contributed by atoms with Crippen LogP contribution in [0.25, 0.3) is 0 Å². The SMILES string of the molecule is CCOC(=O)c1ccc(OP(=O)(Cc2ccc(Br)cc2)OCC)cc1. The van der Waals surface area contributed by atoms with E-state index < -0.39 is 13.6 Å². The van der Waals surface area contributed by atoms with Gasteiger partial charge in [0.05, 0.1) is 24.9 Å². The lowest BCUT2D eigenvalue weighted by atomic mass is 10.2. The number of carbonyl (C=O) groups is 1. The number of benzene rings is 2. The van der Waals surface area contributed by atoms with Crippen molar-refractivity contribution in [2.24, 2.45) is 0 Å². The van der Waals surface area contributed by atoms with Gasteiger partial charge >= 0.3 is 13.6 Å². The Morgan fingerprint density at radius 1 is 1.00 bits per heavy atom. The van der Waals surface area contributed by atoms with Crippen LogP contribution in [0.15, 0.2) is 53.0 Å². The number of ether oxygens (including phenoxy) is 1. The first kappa shape index (κ1) is 19.7. The summed E-state index contributed by atoms with van der Waals surface area (Å²) in [7, 11) is -3.36. The predicted octanol–water partition coefficient (Wildman–Crippen LogP) is 5.43. The minimum Gasteiger partial charge on any atom is -0.462 e. The van der Waals surface area contributed by atoms with E-state index in [2.05, 4.69) is 15.9 Å². The van der Waals surface area contributed by atoms with Gasteiger partial charge in [0, 0.05) is 4.47 Å². The van der Waals surface area contributed by atoms with E-state index in [1.165, 1.54) is 0 Å². The largest absolute Gasteiger partial charge is 0.462 e. The maximum absolute atomic E-state index is 13.0. The van der Waals surface area contributed by atoms with Crippen LogP contribution in [0.2, 0.25) is 0 Å². The number of hydrogen-bond donors (Lipinski definition) is 0. The molecule has 0 saturated heterocycles. The number of rotatable bonds is 8. The van der Waals surface area contributed by atoms with E-state index in [0.717, 1.165) is 10.0 Å². The Morgan fingerprint density at radius 2 is 1.64 bits per heavy atom. The smallest absolute Gasteiger partial charge is 0.383 e. The maximum Gasteiger partial charge on any atom is 0.383 e. The van der Waals surface area contributed by atoms with Gasteiger partial charge < -0.3 is 9.26 Å². The molecule has 2 rings (SSSR count). The van der Waals surface area contributed by atoms with Gasteiger partial charge in [-0.1, -0.05) is 28.1 Å². The topological polar surface area (TPSA) is 61.8 Å². The summed E-state index contributed by atoms with van der Waals surface area (Å²) in [4.78, 5) is 11.7. The fourth-order valence-corrected chi connectivity index (χ4v) is 4.11. The molecule has 2 aromatic rings. The van der Waals surface area contributed by atoms with Crippen LogP contribution in [-0.4, -0.2) is 19.2 Å². The quantitative estimate of drug-likeness (QED) is 0.415. The van der Waals surface area contributed by atoms with Gasteiger partial charge in [-0.05, 0) is 55.8 Å². The highest BCUT2D eigenvalue weighted by Gasteiger charge is 2.26. The zero-order valence-corrected chi connectivity index (χ0v) is 16.6. The zero-order valence-electron chi connectivity index (χ0n) is 14.1. The number of esters is 1. The third-order valence-corrected chi connectivity index (χ3v) is 5.65. The molecule has 0 N–H and O–H groups in total. The highest BCUT2D eigenvalue weighted by atomic mass is 79.9. The molecule has 0 spiro atoms. The van der Waals surface area contributed by atoms with E-state index >= 15 is 0 Å². The number of hydrogen-bond acceptors (Lipinski definition) is 5. The van der Waals surface area contributed by atoms with E-state index in [4.69, 9.17) is 13.8 Å². The van der Waals surface area contributed by atoms with Crippen LogP contribution >= 0.6 is 23.5 Å². The van der Waals surface area contributed by atoms with Gasteiger partial charge in [0.25, 0.3) is 0 Å². The van der Waals surface area contributed by atoms with Gasteiger partial charge in [0.1, 0.15) is 5.75 Å². The molecule has 5 nitrogen and oxygen atoms in total. The summed E-state index contributed by atoms with van der Waals surface area (Å²) < 4.78 is 29.9. The van der Waals surface area contributed by atoms with Crippen LogP contribution in [0.3, 0.4) is 0 Å². The summed E-state index contributed by atoms with van der Waals surface area (Å²) in [6, 6.07) is 13.8. The fraction of sp³-hybridized carbons (Fsp3) is 0.278. The highest BCUT2D eigenvalue weighted by Crippen LogP contribution is 2.51. The Morgan fingerprint density at radius 3 is 2.20 bits per heavy atom. The molecule has 0 fully saturated rings. The Hall–Kier alpha value is -1.62. The van der Waals surface area contributed by atoms with Crippen molar-refractivity contribution in [3.8, 4) is 5.75 Å². The molecular weight excluding hydrogens is 407 g/mol. The average molecular weight is 427 g/mol. The summed E-state index contributed by atoms with van der Waals surface area (Å²) >= 11 is 3.37. The second-order valence-electron chi connectivity index (χ2n) is 5.15. The van der Waals surface area contributed by atoms with E-state index in [1.807, 2.05) is 24.3 Å². The molecule has 0 heterocycles. The Balaban J connectivity index is 2.13. The Bertz CT molecular complexity index is 743. The Kier molecular flexibility index (Phi) is 7.24. The standard InChI is InChI=1S/C18H20BrO5P/c1-3-22-18(20)15-7-11-17(12-8-15)24-25(21,23-4-2)13-14-5-9-16(19)10-6-14/h5-12H,3-4,13H2,1-2H3. The summed E-state index contributed by atoms with van der Waals surface area (Å²) in [5.74, 6) is -0.0288. The lowest BCUT2D eigenvalue weighted by molar-refractivity contribution is 0.0526. The van der Waals surface area contributed by atoms with Crippen LogP contribution in [0.4, 0.5) is 0 Å². The molecule has 134 valence electrons. The predicted molar refractivity (Wildman–Crippen MR) is 100 cm³/mol. The van der Waals surface area contributed by atoms with Crippen molar-refractivity contribution in [2.45, 2.75) is 20.0 Å². The van der Waals surface area contributed by atoms with Gasteiger partial charge in [0.15, 0.2) is 0 Å². The molecule has 7 heteroatoms. The molecule has 0 amide bonds. The van der Waals surface area contributed by atoms with Crippen LogP contribution in [0, 0.1) is 0 Å². The van der Waals surface area contributed by atoms with Crippen LogP contribution in [0.1, 0.15) is 29.8 Å². The molecule has 0 aliphatic heterocycles. The molecule has 25 heavy (non-hydrogen) atoms. The van der Waals surface area contributed by atoms with E-state index in [9.17, 15) is 9.36 Å². The van der Waals surface area contributed by atoms with Crippen LogP contribution in [-0.2, 0) is 20.0 Å². The first-order valence-electron chi connectivity index (χ1n) is 7.90. The van der Waals surface area contributed by atoms with Crippen molar-refractivity contribution >= 4 is 29.5 Å². The van der Waals surface area contributed by atoms with E-state index in [-0.39, 0.29) is 12.8 Å². The molecular formula is C18H20BrO5P. The number of halogens is 1. The van der Waals surface area contributed by atoms with Crippen LogP contribution in [0.5, 0.6) is 5.75 Å². The average Bonchev–Trinajstić information content (AvgIpc) is 2.58. The van der Waals surface area contributed by atoms with Gasteiger partial charge in [-0.25, -0.2) is 9.36 Å². The third kappa shape index (κ3) is 5.99. The minimum atomic E-state index is -3.36. The summed E-state index contributed by atoms with van der Waals surface area (Å²) in [6.07, 6.45) is 0.160. The molecule has 0 saturated carbocycles. The molecule has 0 aliphatic carbocycles. The van der Waals surface area contributed by atoms with E-state index in [1.54, 1.807) is 38.1 Å². The minimum absolute atomic E-state index is 0.160. The molecule has 1 atom stereocenters. The first-order chi connectivity index (χ1) is 12.0. The summed E-state index contributed by atoms with van der Waals surface area (Å²) in [6.45, 7) is 4.09. The van der Waals surface area contributed by atoms with Crippen molar-refractivity contribution in [1.82, 2.24) is 0 Å². The van der Waals surface area contributed by atoms with Crippen molar-refractivity contribution in [3.05, 3.63) is 64.1 Å². The Labute approximate surface area is 156 Å². The van der Waals surface area contributed by atoms with Crippen LogP contribution < -0.4 is 4.52 Å². The molecule has 1 unspecified atom stereocenters. The van der Waals surface area contributed by atoms with Crippen molar-refractivity contribution in [3.63, 3.8) is 0 Å². The molecule has 0 bridgehead atoms. The van der Waals surface area contributed by atoms with Gasteiger partial charge in [-0.3, -0.25) is 4.52 Å². The van der Waals surface area contributed by atoms with Gasteiger partial charge in [-0.15, -0.1) is 0 Å². The van der Waals surface area contributed by atoms with E-state index in [0.29, 0.717) is 17.9 Å². The van der Waals surface area contributed by atoms with Crippen molar-refractivity contribution in [1.29, 1.82) is 0 Å². The second-order valence-corrected chi connectivity index (χ2v) is 8.04. The van der Waals surface area contributed by atoms with Crippen molar-refractivity contribution in [2.75, 3.05) is 13.2 Å². The summed E-state index contributed by atoms with van der Waals surface area (Å²) in [5, 5.41) is 0. The first-order valence-corrected chi connectivity index (χ1v) is 10.4. The fourth-order valence-electron chi connectivity index (χ4n) is 2.14. The third-order valence-electron chi connectivity index (χ3n) is 3.23. The lowest BCUT2D eigenvalue weighted by Gasteiger charge is -2.19. The van der Waals surface area contributed by atoms with Gasteiger partial charge in [-0.2, -0.15) is 0 Å². The number of carbonyl (C=O) groups excluding carboxylic acids is 1. The monoisotopic (exact) mass is 426 g/mol. The normalized spacial score (nSPS) is 13.1. The molecule has 0 aromatic heterocycles. The highest BCUT2D eigenvalue weighted by molar-refractivity contribution is 9.10. The maximum atomic E-state index is 13.0. The summed E-state index contributed by atoms with van der Waals surface area (Å²) in [5.41, 5.74) is 1.26. The molecule has 0 aliphatic rings. The molecule has 2 aromatic carbocycles. The lowest BCUT2D eigenvalue weighted by Crippen LogP contribution is -2.05. The van der Waals surface area contributed by atoms with Crippen molar-refractivity contribution < 1.29 is 23.1 Å².